The van der Waals surface area contributed by atoms with Crippen molar-refractivity contribution in [1.29, 1.82) is 0 Å². The highest BCUT2D eigenvalue weighted by Gasteiger charge is 2.13. The molecule has 0 aromatic carbocycles. The van der Waals surface area contributed by atoms with Crippen LogP contribution in [0.15, 0.2) is 30.4 Å². The molecule has 0 atom stereocenters. The summed E-state index contributed by atoms with van der Waals surface area (Å²) in [5, 5.41) is 22.7. The summed E-state index contributed by atoms with van der Waals surface area (Å²) < 4.78 is 0. The Hall–Kier alpha value is -2.35. The Labute approximate surface area is 138 Å². The number of nitrogens with one attached hydrogen (secondary N) is 1. The Morgan fingerprint density at radius 1 is 1.57 bits per heavy atom. The zero-order valence-corrected chi connectivity index (χ0v) is 13.5. The quantitative estimate of drug-likeness (QED) is 0.290. The van der Waals surface area contributed by atoms with Crippen molar-refractivity contribution in [3.05, 3.63) is 51.2 Å². The van der Waals surface area contributed by atoms with Crippen molar-refractivity contribution >= 4 is 17.6 Å². The van der Waals surface area contributed by atoms with E-state index in [4.69, 9.17) is 16.7 Å². The molecule has 0 bridgehead atoms. The molecule has 0 spiro atoms. The normalized spacial score (nSPS) is 11.1. The van der Waals surface area contributed by atoms with Gasteiger partial charge in [0.1, 0.15) is 5.15 Å². The molecule has 1 aromatic heterocycles. The average molecular weight is 343 g/mol. The first kappa shape index (κ1) is 18.7. The number of carboxylic acid groups (broad SMARTS) is 1. The number of hydrogen-bond acceptors (Lipinski definition) is 6. The van der Waals surface area contributed by atoms with Crippen LogP contribution in [0.4, 0.5) is 0 Å². The van der Waals surface area contributed by atoms with Gasteiger partial charge >= 0.3 is 5.97 Å². The predicted molar refractivity (Wildman–Crippen MR) is 85.3 cm³/mol. The van der Waals surface area contributed by atoms with Gasteiger partial charge in [-0.1, -0.05) is 17.7 Å². The second-order valence-electron chi connectivity index (χ2n) is 4.73. The summed E-state index contributed by atoms with van der Waals surface area (Å²) in [6.07, 6.45) is 2.88. The Balaban J connectivity index is 2.74. The topological polar surface area (TPSA) is 109 Å². The summed E-state index contributed by atoms with van der Waals surface area (Å²) >= 11 is 5.74. The third-order valence-corrected chi connectivity index (χ3v) is 3.21. The van der Waals surface area contributed by atoms with E-state index in [1.165, 1.54) is 0 Å². The summed E-state index contributed by atoms with van der Waals surface area (Å²) in [6, 6.07) is 3.45. The van der Waals surface area contributed by atoms with Gasteiger partial charge in [0.05, 0.1) is 4.92 Å². The van der Waals surface area contributed by atoms with E-state index in [9.17, 15) is 14.9 Å². The van der Waals surface area contributed by atoms with E-state index < -0.39 is 10.9 Å². The molecule has 23 heavy (non-hydrogen) atoms. The lowest BCUT2D eigenvalue weighted by Crippen LogP contribution is -2.32. The first-order valence-corrected chi connectivity index (χ1v) is 7.46. The third kappa shape index (κ3) is 7.46. The average Bonchev–Trinajstić information content (AvgIpc) is 2.49. The number of hydrogen-bond donors (Lipinski definition) is 2. The maximum absolute atomic E-state index is 10.8. The van der Waals surface area contributed by atoms with E-state index >= 15 is 0 Å². The van der Waals surface area contributed by atoms with Gasteiger partial charge in [0.2, 0.25) is 0 Å². The summed E-state index contributed by atoms with van der Waals surface area (Å²) in [6.45, 7) is 3.16. The fourth-order valence-electron chi connectivity index (χ4n) is 1.88. The fraction of sp³-hybridized carbons (Fsp3) is 0.429. The van der Waals surface area contributed by atoms with Gasteiger partial charge in [-0.15, -0.1) is 0 Å². The van der Waals surface area contributed by atoms with Crippen LogP contribution in [0.3, 0.4) is 0 Å². The molecule has 0 amide bonds. The maximum Gasteiger partial charge on any atom is 0.303 e. The van der Waals surface area contributed by atoms with Crippen molar-refractivity contribution in [2.75, 3.05) is 13.1 Å². The number of halogens is 1. The highest BCUT2D eigenvalue weighted by atomic mass is 35.5. The minimum absolute atomic E-state index is 0.00593. The number of aromatic nitrogens is 1. The van der Waals surface area contributed by atoms with Crippen LogP contribution in [0, 0.1) is 10.1 Å². The Bertz CT molecular complexity index is 562. The summed E-state index contributed by atoms with van der Waals surface area (Å²) in [4.78, 5) is 26.5. The van der Waals surface area contributed by atoms with Gasteiger partial charge in [0, 0.05) is 32.3 Å². The molecule has 1 heterocycles. The molecule has 9 heteroatoms. The van der Waals surface area contributed by atoms with E-state index in [1.54, 1.807) is 23.2 Å². The largest absolute Gasteiger partial charge is 0.481 e. The molecule has 2 N–H and O–H groups in total. The van der Waals surface area contributed by atoms with Crippen molar-refractivity contribution in [3.8, 4) is 0 Å². The monoisotopic (exact) mass is 342 g/mol. The van der Waals surface area contributed by atoms with Gasteiger partial charge in [-0.3, -0.25) is 14.9 Å². The third-order valence-electron chi connectivity index (χ3n) is 2.99. The zero-order chi connectivity index (χ0) is 17.2. The standard InChI is InChI=1S/C14H19ClN4O4/c1-2-18(9-11-5-6-12(15)17-8-11)13(10-19(22)23)16-7-3-4-14(20)21/h5-6,8,10,16H,2-4,7,9H2,1H3,(H,20,21)/b13-10+. The van der Waals surface area contributed by atoms with Crippen molar-refractivity contribution in [2.24, 2.45) is 0 Å². The molecule has 0 aliphatic carbocycles. The number of carbonyl (C=O) groups is 1. The van der Waals surface area contributed by atoms with Crippen LogP contribution in [-0.2, 0) is 11.3 Å². The Kier molecular flexibility index (Phi) is 7.82. The summed E-state index contributed by atoms with van der Waals surface area (Å²) in [5.41, 5.74) is 0.859. The molecule has 126 valence electrons. The molecule has 0 unspecified atom stereocenters. The van der Waals surface area contributed by atoms with Gasteiger partial charge in [-0.05, 0) is 25.0 Å². The number of pyridine rings is 1. The number of aliphatic carboxylic acids is 1. The van der Waals surface area contributed by atoms with E-state index in [0.29, 0.717) is 37.0 Å². The molecule has 1 rings (SSSR count). The number of nitrogens with zero attached hydrogens (tertiary/aromatic N) is 3. The van der Waals surface area contributed by atoms with Crippen molar-refractivity contribution < 1.29 is 14.8 Å². The lowest BCUT2D eigenvalue weighted by molar-refractivity contribution is -0.404. The van der Waals surface area contributed by atoms with Crippen LogP contribution in [0.25, 0.3) is 0 Å². The van der Waals surface area contributed by atoms with Gasteiger partial charge in [-0.2, -0.15) is 0 Å². The van der Waals surface area contributed by atoms with Gasteiger partial charge in [0.15, 0.2) is 5.82 Å². The van der Waals surface area contributed by atoms with Crippen molar-refractivity contribution in [1.82, 2.24) is 15.2 Å². The smallest absolute Gasteiger partial charge is 0.303 e. The van der Waals surface area contributed by atoms with Crippen LogP contribution in [-0.4, -0.2) is 39.0 Å². The molecule has 1 aromatic rings. The highest BCUT2D eigenvalue weighted by molar-refractivity contribution is 6.29. The molecule has 0 fully saturated rings. The minimum Gasteiger partial charge on any atom is -0.481 e. The predicted octanol–water partition coefficient (Wildman–Crippen LogP) is 2.09. The maximum atomic E-state index is 10.8. The first-order valence-electron chi connectivity index (χ1n) is 7.08. The van der Waals surface area contributed by atoms with Crippen LogP contribution < -0.4 is 5.32 Å². The van der Waals surface area contributed by atoms with E-state index in [-0.39, 0.29) is 6.42 Å². The minimum atomic E-state index is -0.897. The second-order valence-corrected chi connectivity index (χ2v) is 5.11. The van der Waals surface area contributed by atoms with E-state index in [0.717, 1.165) is 11.8 Å². The molecular formula is C14H19ClN4O4. The molecule has 0 saturated carbocycles. The van der Waals surface area contributed by atoms with Gasteiger partial charge in [0.25, 0.3) is 6.20 Å². The molecule has 8 nitrogen and oxygen atoms in total. The molecule has 0 saturated heterocycles. The van der Waals surface area contributed by atoms with Crippen LogP contribution in [0.1, 0.15) is 25.3 Å². The fourth-order valence-corrected chi connectivity index (χ4v) is 1.99. The SMILES string of the molecule is CCN(Cc1ccc(Cl)nc1)/C(=C/[N+](=O)[O-])NCCCC(=O)O. The number of nitro groups is 1. The van der Waals surface area contributed by atoms with E-state index in [2.05, 4.69) is 10.3 Å². The zero-order valence-electron chi connectivity index (χ0n) is 12.7. The first-order chi connectivity index (χ1) is 10.9. The van der Waals surface area contributed by atoms with Crippen LogP contribution in [0.2, 0.25) is 5.15 Å². The second kappa shape index (κ2) is 9.62. The highest BCUT2D eigenvalue weighted by Crippen LogP contribution is 2.11. The lowest BCUT2D eigenvalue weighted by Gasteiger charge is -2.25. The van der Waals surface area contributed by atoms with Crippen molar-refractivity contribution in [2.45, 2.75) is 26.3 Å². The van der Waals surface area contributed by atoms with Crippen molar-refractivity contribution in [3.63, 3.8) is 0 Å². The molecule has 0 aliphatic heterocycles. The lowest BCUT2D eigenvalue weighted by atomic mass is 10.2. The summed E-state index contributed by atoms with van der Waals surface area (Å²) in [5.74, 6) is -0.566. The molecule has 0 radical (unpaired) electrons. The summed E-state index contributed by atoms with van der Waals surface area (Å²) in [7, 11) is 0. The van der Waals surface area contributed by atoms with Crippen LogP contribution >= 0.6 is 11.6 Å². The number of carboxylic acids is 1. The Morgan fingerprint density at radius 2 is 2.30 bits per heavy atom. The van der Waals surface area contributed by atoms with Gasteiger partial charge in [-0.25, -0.2) is 4.98 Å². The number of rotatable bonds is 10. The Morgan fingerprint density at radius 3 is 2.83 bits per heavy atom. The van der Waals surface area contributed by atoms with Gasteiger partial charge < -0.3 is 15.3 Å². The molecular weight excluding hydrogens is 324 g/mol. The van der Waals surface area contributed by atoms with Crippen LogP contribution in [0.5, 0.6) is 0 Å². The molecule has 0 aliphatic rings. The van der Waals surface area contributed by atoms with E-state index in [1.807, 2.05) is 6.92 Å².